The lowest BCUT2D eigenvalue weighted by molar-refractivity contribution is 0.140. The molecule has 0 atom stereocenters. The standard InChI is InChI=1S/C9H18N2OS/c1-9(2,7-12-3)11-8-10-5-4-6-13-8/h4-7H2,1-3H3,(H,10,11). The van der Waals surface area contributed by atoms with Crippen LogP contribution >= 0.6 is 11.8 Å². The molecule has 1 rings (SSSR count). The maximum atomic E-state index is 5.12. The Bertz CT molecular complexity index is 192. The van der Waals surface area contributed by atoms with Gasteiger partial charge in [-0.1, -0.05) is 11.8 Å². The van der Waals surface area contributed by atoms with Crippen LogP contribution in [0.1, 0.15) is 20.3 Å². The summed E-state index contributed by atoms with van der Waals surface area (Å²) in [4.78, 5) is 4.41. The van der Waals surface area contributed by atoms with Crippen LogP contribution < -0.4 is 5.32 Å². The van der Waals surface area contributed by atoms with Crippen LogP contribution in [0.4, 0.5) is 0 Å². The summed E-state index contributed by atoms with van der Waals surface area (Å²) in [5.41, 5.74) is -0.0159. The van der Waals surface area contributed by atoms with E-state index in [9.17, 15) is 0 Å². The molecule has 0 amide bonds. The SMILES string of the molecule is COCC(C)(C)NC1=NCCCS1. The zero-order chi connectivity index (χ0) is 9.73. The second-order valence-electron chi connectivity index (χ2n) is 3.83. The number of methoxy groups -OCH3 is 1. The van der Waals surface area contributed by atoms with Crippen LogP contribution in [-0.4, -0.2) is 36.7 Å². The summed E-state index contributed by atoms with van der Waals surface area (Å²) in [6, 6.07) is 0. The maximum absolute atomic E-state index is 5.12. The molecule has 0 spiro atoms. The van der Waals surface area contributed by atoms with Crippen molar-refractivity contribution >= 4 is 16.9 Å². The lowest BCUT2D eigenvalue weighted by Gasteiger charge is -2.28. The van der Waals surface area contributed by atoms with Crippen molar-refractivity contribution < 1.29 is 4.74 Å². The third-order valence-electron chi connectivity index (χ3n) is 1.75. The topological polar surface area (TPSA) is 33.6 Å². The van der Waals surface area contributed by atoms with Crippen LogP contribution in [0.5, 0.6) is 0 Å². The van der Waals surface area contributed by atoms with E-state index in [2.05, 4.69) is 24.2 Å². The van der Waals surface area contributed by atoms with Crippen molar-refractivity contribution in [2.45, 2.75) is 25.8 Å². The smallest absolute Gasteiger partial charge is 0.157 e. The quantitative estimate of drug-likeness (QED) is 0.753. The van der Waals surface area contributed by atoms with Gasteiger partial charge in [-0.15, -0.1) is 0 Å². The monoisotopic (exact) mass is 202 g/mol. The molecule has 76 valence electrons. The highest BCUT2D eigenvalue weighted by Crippen LogP contribution is 2.13. The number of nitrogens with one attached hydrogen (secondary N) is 1. The minimum atomic E-state index is -0.0159. The van der Waals surface area contributed by atoms with Crippen molar-refractivity contribution in [3.05, 3.63) is 0 Å². The van der Waals surface area contributed by atoms with Gasteiger partial charge >= 0.3 is 0 Å². The average molecular weight is 202 g/mol. The Kier molecular flexibility index (Phi) is 4.06. The van der Waals surface area contributed by atoms with Gasteiger partial charge in [-0.3, -0.25) is 4.99 Å². The molecule has 1 aliphatic heterocycles. The van der Waals surface area contributed by atoms with Crippen molar-refractivity contribution in [3.63, 3.8) is 0 Å². The molecular formula is C9H18N2OS. The highest BCUT2D eigenvalue weighted by molar-refractivity contribution is 8.13. The number of ether oxygens (including phenoxy) is 1. The first-order chi connectivity index (χ1) is 6.14. The molecule has 0 saturated heterocycles. The summed E-state index contributed by atoms with van der Waals surface area (Å²) < 4.78 is 5.12. The second kappa shape index (κ2) is 4.86. The van der Waals surface area contributed by atoms with Crippen molar-refractivity contribution in [2.75, 3.05) is 26.0 Å². The van der Waals surface area contributed by atoms with Crippen molar-refractivity contribution in [1.29, 1.82) is 0 Å². The Morgan fingerprint density at radius 3 is 2.92 bits per heavy atom. The zero-order valence-corrected chi connectivity index (χ0v) is 9.41. The van der Waals surface area contributed by atoms with Crippen LogP contribution in [0.2, 0.25) is 0 Å². The number of amidine groups is 1. The summed E-state index contributed by atoms with van der Waals surface area (Å²) in [6.07, 6.45) is 1.19. The molecular weight excluding hydrogens is 184 g/mol. The number of thioether (sulfide) groups is 1. The lowest BCUT2D eigenvalue weighted by Crippen LogP contribution is -2.46. The molecule has 0 bridgehead atoms. The van der Waals surface area contributed by atoms with Gasteiger partial charge in [-0.05, 0) is 20.3 Å². The summed E-state index contributed by atoms with van der Waals surface area (Å²) in [7, 11) is 1.72. The lowest BCUT2D eigenvalue weighted by atomic mass is 10.1. The number of aliphatic imine (C=N–C) groups is 1. The van der Waals surface area contributed by atoms with Gasteiger partial charge in [0.05, 0.1) is 12.1 Å². The molecule has 0 aliphatic carbocycles. The van der Waals surface area contributed by atoms with Crippen LogP contribution in [0.25, 0.3) is 0 Å². The van der Waals surface area contributed by atoms with E-state index in [4.69, 9.17) is 4.74 Å². The highest BCUT2D eigenvalue weighted by atomic mass is 32.2. The van der Waals surface area contributed by atoms with E-state index in [1.54, 1.807) is 18.9 Å². The Morgan fingerprint density at radius 1 is 1.62 bits per heavy atom. The maximum Gasteiger partial charge on any atom is 0.157 e. The predicted octanol–water partition coefficient (Wildman–Crippen LogP) is 1.49. The van der Waals surface area contributed by atoms with Gasteiger partial charge < -0.3 is 10.1 Å². The van der Waals surface area contributed by atoms with Gasteiger partial charge in [-0.2, -0.15) is 0 Å². The fraction of sp³-hybridized carbons (Fsp3) is 0.889. The molecule has 0 aromatic heterocycles. The molecule has 1 heterocycles. The van der Waals surface area contributed by atoms with Crippen LogP contribution in [0.3, 0.4) is 0 Å². The molecule has 0 aromatic carbocycles. The Morgan fingerprint density at radius 2 is 2.38 bits per heavy atom. The molecule has 0 saturated carbocycles. The molecule has 3 nitrogen and oxygen atoms in total. The van der Waals surface area contributed by atoms with Gasteiger partial charge in [0.1, 0.15) is 0 Å². The first kappa shape index (κ1) is 10.9. The normalized spacial score (nSPS) is 18.2. The fourth-order valence-electron chi connectivity index (χ4n) is 1.22. The van der Waals surface area contributed by atoms with E-state index >= 15 is 0 Å². The van der Waals surface area contributed by atoms with Crippen molar-refractivity contribution in [3.8, 4) is 0 Å². The van der Waals surface area contributed by atoms with E-state index in [-0.39, 0.29) is 5.54 Å². The van der Waals surface area contributed by atoms with Gasteiger partial charge in [0, 0.05) is 19.4 Å². The summed E-state index contributed by atoms with van der Waals surface area (Å²) >= 11 is 1.80. The summed E-state index contributed by atoms with van der Waals surface area (Å²) in [5, 5.41) is 4.45. The zero-order valence-electron chi connectivity index (χ0n) is 8.59. The van der Waals surface area contributed by atoms with E-state index < -0.39 is 0 Å². The number of nitrogens with zero attached hydrogens (tertiary/aromatic N) is 1. The Balaban J connectivity index is 2.41. The molecule has 1 aliphatic rings. The van der Waals surface area contributed by atoms with Gasteiger partial charge in [0.25, 0.3) is 0 Å². The largest absolute Gasteiger partial charge is 0.382 e. The highest BCUT2D eigenvalue weighted by Gasteiger charge is 2.19. The summed E-state index contributed by atoms with van der Waals surface area (Å²) in [5.74, 6) is 1.18. The van der Waals surface area contributed by atoms with E-state index in [1.807, 2.05) is 0 Å². The first-order valence-corrected chi connectivity index (χ1v) is 5.57. The molecule has 13 heavy (non-hydrogen) atoms. The van der Waals surface area contributed by atoms with Gasteiger partial charge in [0.2, 0.25) is 0 Å². The minimum absolute atomic E-state index is 0.0159. The second-order valence-corrected chi connectivity index (χ2v) is 4.91. The van der Waals surface area contributed by atoms with E-state index in [1.165, 1.54) is 12.2 Å². The van der Waals surface area contributed by atoms with Crippen LogP contribution in [0, 0.1) is 0 Å². The Labute approximate surface area is 84.3 Å². The Hall–Kier alpha value is -0.220. The molecule has 1 N–H and O–H groups in total. The molecule has 0 radical (unpaired) electrons. The molecule has 4 heteroatoms. The van der Waals surface area contributed by atoms with Crippen molar-refractivity contribution in [1.82, 2.24) is 5.32 Å². The van der Waals surface area contributed by atoms with E-state index in [0.29, 0.717) is 6.61 Å². The van der Waals surface area contributed by atoms with Crippen molar-refractivity contribution in [2.24, 2.45) is 4.99 Å². The molecule has 0 aromatic rings. The molecule has 0 unspecified atom stereocenters. The van der Waals surface area contributed by atoms with Gasteiger partial charge in [-0.25, -0.2) is 0 Å². The predicted molar refractivity (Wildman–Crippen MR) is 58.5 cm³/mol. The number of rotatable bonds is 3. The average Bonchev–Trinajstić information content (AvgIpc) is 2.04. The number of hydrogen-bond donors (Lipinski definition) is 1. The third kappa shape index (κ3) is 4.00. The van der Waals surface area contributed by atoms with Crippen LogP contribution in [0.15, 0.2) is 4.99 Å². The fourth-order valence-corrected chi connectivity index (χ4v) is 2.22. The minimum Gasteiger partial charge on any atom is -0.382 e. The van der Waals surface area contributed by atoms with Crippen LogP contribution in [-0.2, 0) is 4.74 Å². The third-order valence-corrected chi connectivity index (χ3v) is 2.74. The molecule has 0 fully saturated rings. The number of hydrogen-bond acceptors (Lipinski definition) is 4. The summed E-state index contributed by atoms with van der Waals surface area (Å²) in [6.45, 7) is 5.90. The first-order valence-electron chi connectivity index (χ1n) is 4.58. The van der Waals surface area contributed by atoms with Gasteiger partial charge in [0.15, 0.2) is 5.17 Å². The van der Waals surface area contributed by atoms with E-state index in [0.717, 1.165) is 11.7 Å².